The lowest BCUT2D eigenvalue weighted by atomic mass is 10.0. The second kappa shape index (κ2) is 9.65. The zero-order valence-electron chi connectivity index (χ0n) is 15.0. The number of nitrogens with one attached hydrogen (secondary N) is 1. The van der Waals surface area contributed by atoms with Crippen molar-refractivity contribution in [3.05, 3.63) is 29.8 Å². The monoisotopic (exact) mass is 364 g/mol. The van der Waals surface area contributed by atoms with Gasteiger partial charge in [0.05, 0.1) is 13.2 Å². The van der Waals surface area contributed by atoms with Crippen LogP contribution in [0.15, 0.2) is 24.3 Å². The number of rotatable bonds is 5. The summed E-state index contributed by atoms with van der Waals surface area (Å²) in [5, 5.41) is 2.96. The van der Waals surface area contributed by atoms with Crippen LogP contribution in [-0.2, 0) is 9.47 Å². The Morgan fingerprint density at radius 3 is 2.23 bits per heavy atom. The van der Waals surface area contributed by atoms with Crippen LogP contribution < -0.4 is 10.1 Å². The lowest BCUT2D eigenvalue weighted by molar-refractivity contribution is 0.0859. The van der Waals surface area contributed by atoms with Crippen LogP contribution in [0.1, 0.15) is 37.0 Å². The summed E-state index contributed by atoms with van der Waals surface area (Å²) in [6.07, 6.45) is 0.260. The molecule has 1 fully saturated rings. The highest BCUT2D eigenvalue weighted by molar-refractivity contribution is 5.94. The van der Waals surface area contributed by atoms with E-state index in [1.165, 1.54) is 12.1 Å². The summed E-state index contributed by atoms with van der Waals surface area (Å²) in [5.41, 5.74) is 0.467. The maximum atomic E-state index is 12.3. The number of nitrogens with zero attached hydrogens (tertiary/aromatic N) is 1. The van der Waals surface area contributed by atoms with Gasteiger partial charge in [-0.25, -0.2) is 9.59 Å². The fourth-order valence-electron chi connectivity index (χ4n) is 2.61. The number of benzene rings is 1. The number of piperidine rings is 1. The smallest absolute Gasteiger partial charge is 0.450 e. The summed E-state index contributed by atoms with van der Waals surface area (Å²) in [5.74, 6) is 0.102. The van der Waals surface area contributed by atoms with Crippen molar-refractivity contribution in [1.82, 2.24) is 10.2 Å². The molecule has 1 aromatic carbocycles. The van der Waals surface area contributed by atoms with Crippen LogP contribution in [0.2, 0.25) is 0 Å². The molecule has 0 saturated carbocycles. The van der Waals surface area contributed by atoms with Gasteiger partial charge in [0, 0.05) is 24.7 Å². The first-order valence-electron chi connectivity index (χ1n) is 8.70. The molecule has 1 heterocycles. The first-order chi connectivity index (χ1) is 12.5. The van der Waals surface area contributed by atoms with Crippen molar-refractivity contribution in [3.8, 4) is 5.75 Å². The number of carbonyl (C=O) groups is 3. The molecule has 0 radical (unpaired) electrons. The SMILES string of the molecule is CCOC(=O)Oc1ccc(C(=O)NC2CCN(C(=O)OCC)CC2)cc1. The van der Waals surface area contributed by atoms with Crippen LogP contribution in [0.4, 0.5) is 9.59 Å². The molecule has 0 unspecified atom stereocenters. The van der Waals surface area contributed by atoms with Crippen LogP contribution in [0.5, 0.6) is 5.75 Å². The number of hydrogen-bond donors (Lipinski definition) is 1. The van der Waals surface area contributed by atoms with Crippen molar-refractivity contribution in [2.75, 3.05) is 26.3 Å². The van der Waals surface area contributed by atoms with Crippen LogP contribution in [0.25, 0.3) is 0 Å². The van der Waals surface area contributed by atoms with Gasteiger partial charge in [0.1, 0.15) is 5.75 Å². The molecular formula is C18H24N2O6. The third kappa shape index (κ3) is 5.65. The largest absolute Gasteiger partial charge is 0.513 e. The average molecular weight is 364 g/mol. The van der Waals surface area contributed by atoms with Gasteiger partial charge in [0.25, 0.3) is 5.91 Å². The Hall–Kier alpha value is -2.77. The van der Waals surface area contributed by atoms with E-state index in [2.05, 4.69) is 10.1 Å². The maximum Gasteiger partial charge on any atom is 0.513 e. The van der Waals surface area contributed by atoms with Crippen molar-refractivity contribution in [2.45, 2.75) is 32.7 Å². The van der Waals surface area contributed by atoms with Gasteiger partial charge in [-0.1, -0.05) is 0 Å². The number of ether oxygens (including phenoxy) is 3. The summed E-state index contributed by atoms with van der Waals surface area (Å²) >= 11 is 0. The summed E-state index contributed by atoms with van der Waals surface area (Å²) in [4.78, 5) is 36.9. The molecule has 2 amide bonds. The van der Waals surface area contributed by atoms with Crippen molar-refractivity contribution in [1.29, 1.82) is 0 Å². The van der Waals surface area contributed by atoms with E-state index in [0.29, 0.717) is 43.9 Å². The maximum absolute atomic E-state index is 12.3. The number of hydrogen-bond acceptors (Lipinski definition) is 6. The van der Waals surface area contributed by atoms with Gasteiger partial charge < -0.3 is 24.4 Å². The Bertz CT molecular complexity index is 623. The molecule has 1 N–H and O–H groups in total. The Kier molecular flexibility index (Phi) is 7.25. The third-order valence-corrected chi connectivity index (χ3v) is 3.94. The van der Waals surface area contributed by atoms with Crippen molar-refractivity contribution in [3.63, 3.8) is 0 Å². The molecule has 2 rings (SSSR count). The lowest BCUT2D eigenvalue weighted by Crippen LogP contribution is -2.46. The Labute approximate surface area is 152 Å². The van der Waals surface area contributed by atoms with Crippen LogP contribution in [-0.4, -0.2) is 55.4 Å². The van der Waals surface area contributed by atoms with Gasteiger partial charge in [-0.05, 0) is 51.0 Å². The standard InChI is InChI=1S/C18H24N2O6/c1-3-24-17(22)20-11-9-14(10-12-20)19-16(21)13-5-7-15(8-6-13)26-18(23)25-4-2/h5-8,14H,3-4,9-12H2,1-2H3,(H,19,21). The minimum absolute atomic E-state index is 0.00337. The molecule has 1 aliphatic rings. The summed E-state index contributed by atoms with van der Waals surface area (Å²) < 4.78 is 14.6. The molecule has 1 aliphatic heterocycles. The normalized spacial score (nSPS) is 14.5. The summed E-state index contributed by atoms with van der Waals surface area (Å²) in [6, 6.07) is 6.24. The fraction of sp³-hybridized carbons (Fsp3) is 0.500. The van der Waals surface area contributed by atoms with Crippen molar-refractivity contribution in [2.24, 2.45) is 0 Å². The second-order valence-corrected chi connectivity index (χ2v) is 5.74. The molecule has 0 atom stereocenters. The van der Waals surface area contributed by atoms with Crippen molar-refractivity contribution < 1.29 is 28.6 Å². The van der Waals surface area contributed by atoms with Gasteiger partial charge >= 0.3 is 12.2 Å². The van der Waals surface area contributed by atoms with Crippen LogP contribution >= 0.6 is 0 Å². The van der Waals surface area contributed by atoms with Gasteiger partial charge in [-0.3, -0.25) is 4.79 Å². The Balaban J connectivity index is 1.81. The van der Waals surface area contributed by atoms with E-state index < -0.39 is 6.16 Å². The van der Waals surface area contributed by atoms with E-state index in [0.717, 1.165) is 0 Å². The molecule has 1 aromatic rings. The van der Waals surface area contributed by atoms with E-state index in [9.17, 15) is 14.4 Å². The molecule has 0 aromatic heterocycles. The quantitative estimate of drug-likeness (QED) is 0.637. The van der Waals surface area contributed by atoms with E-state index >= 15 is 0 Å². The highest BCUT2D eigenvalue weighted by atomic mass is 16.7. The molecule has 0 bridgehead atoms. The van der Waals surface area contributed by atoms with Crippen LogP contribution in [0.3, 0.4) is 0 Å². The van der Waals surface area contributed by atoms with E-state index in [-0.39, 0.29) is 24.6 Å². The molecule has 26 heavy (non-hydrogen) atoms. The predicted molar refractivity (Wildman–Crippen MR) is 93.2 cm³/mol. The first-order valence-corrected chi connectivity index (χ1v) is 8.70. The minimum Gasteiger partial charge on any atom is -0.450 e. The Morgan fingerprint density at radius 2 is 1.65 bits per heavy atom. The molecule has 1 saturated heterocycles. The molecule has 0 aliphatic carbocycles. The molecule has 8 heteroatoms. The fourth-order valence-corrected chi connectivity index (χ4v) is 2.61. The zero-order valence-corrected chi connectivity index (χ0v) is 15.0. The predicted octanol–water partition coefficient (Wildman–Crippen LogP) is 2.57. The zero-order chi connectivity index (χ0) is 18.9. The van der Waals surface area contributed by atoms with Gasteiger partial charge in [-0.15, -0.1) is 0 Å². The second-order valence-electron chi connectivity index (χ2n) is 5.74. The first kappa shape index (κ1) is 19.6. The van der Waals surface area contributed by atoms with Gasteiger partial charge in [0.2, 0.25) is 0 Å². The summed E-state index contributed by atoms with van der Waals surface area (Å²) in [7, 11) is 0. The summed E-state index contributed by atoms with van der Waals surface area (Å²) in [6.45, 7) is 5.14. The number of amides is 2. The Morgan fingerprint density at radius 1 is 1.04 bits per heavy atom. The average Bonchev–Trinajstić information content (AvgIpc) is 2.63. The van der Waals surface area contributed by atoms with Crippen molar-refractivity contribution >= 4 is 18.2 Å². The molecule has 8 nitrogen and oxygen atoms in total. The number of carbonyl (C=O) groups excluding carboxylic acids is 3. The molecular weight excluding hydrogens is 340 g/mol. The third-order valence-electron chi connectivity index (χ3n) is 3.94. The van der Waals surface area contributed by atoms with E-state index in [1.54, 1.807) is 30.9 Å². The minimum atomic E-state index is -0.780. The highest BCUT2D eigenvalue weighted by Gasteiger charge is 2.24. The topological polar surface area (TPSA) is 94.2 Å². The van der Waals surface area contributed by atoms with E-state index in [1.807, 2.05) is 0 Å². The number of likely N-dealkylation sites (tertiary alicyclic amines) is 1. The highest BCUT2D eigenvalue weighted by Crippen LogP contribution is 2.15. The molecule has 0 spiro atoms. The van der Waals surface area contributed by atoms with Crippen LogP contribution in [0, 0.1) is 0 Å². The van der Waals surface area contributed by atoms with E-state index in [4.69, 9.17) is 9.47 Å². The van der Waals surface area contributed by atoms with Gasteiger partial charge in [-0.2, -0.15) is 0 Å². The lowest BCUT2D eigenvalue weighted by Gasteiger charge is -2.31. The van der Waals surface area contributed by atoms with Gasteiger partial charge in [0.15, 0.2) is 0 Å². The molecule has 142 valence electrons.